The van der Waals surface area contributed by atoms with E-state index in [0.717, 1.165) is 41.7 Å². The molecule has 0 spiro atoms. The summed E-state index contributed by atoms with van der Waals surface area (Å²) in [6.45, 7) is 0. The zero-order valence-corrected chi connectivity index (χ0v) is 11.1. The van der Waals surface area contributed by atoms with Crippen LogP contribution in [-0.4, -0.2) is 21.5 Å². The predicted molar refractivity (Wildman–Crippen MR) is 69.7 cm³/mol. The first-order chi connectivity index (χ1) is 8.59. The Hall–Kier alpha value is -1.16. The monoisotopic (exact) mass is 264 g/mol. The average Bonchev–Trinajstić information content (AvgIpc) is 3.16. The molecule has 1 aromatic carbocycles. The number of carboxylic acid groups (broad SMARTS) is 1. The quantitative estimate of drug-likeness (QED) is 0.909. The van der Waals surface area contributed by atoms with Gasteiger partial charge in [-0.3, -0.25) is 4.21 Å². The maximum Gasteiger partial charge on any atom is 0.336 e. The van der Waals surface area contributed by atoms with Gasteiger partial charge in [0.15, 0.2) is 0 Å². The van der Waals surface area contributed by atoms with E-state index in [-0.39, 0.29) is 0 Å². The van der Waals surface area contributed by atoms with Crippen LogP contribution in [0.3, 0.4) is 0 Å². The lowest BCUT2D eigenvalue weighted by Gasteiger charge is -2.15. The highest BCUT2D eigenvalue weighted by Gasteiger charge is 2.36. The van der Waals surface area contributed by atoms with E-state index in [9.17, 15) is 14.1 Å². The predicted octanol–water partition coefficient (Wildman–Crippen LogP) is 2.88. The van der Waals surface area contributed by atoms with Crippen LogP contribution in [0.15, 0.2) is 17.0 Å². The lowest BCUT2D eigenvalue weighted by Crippen LogP contribution is -2.08. The van der Waals surface area contributed by atoms with Crippen molar-refractivity contribution in [3.8, 4) is 0 Å². The van der Waals surface area contributed by atoms with Crippen molar-refractivity contribution < 1.29 is 14.1 Å². The highest BCUT2D eigenvalue weighted by atomic mass is 32.2. The highest BCUT2D eigenvalue weighted by molar-refractivity contribution is 7.84. The van der Waals surface area contributed by atoms with E-state index >= 15 is 0 Å². The van der Waals surface area contributed by atoms with E-state index in [1.165, 1.54) is 0 Å². The molecular weight excluding hydrogens is 248 g/mol. The third-order valence-corrected chi connectivity index (χ3v) is 4.78. The number of carboxylic acids is 1. The molecule has 2 aliphatic carbocycles. The van der Waals surface area contributed by atoms with Gasteiger partial charge in [-0.05, 0) is 54.7 Å². The van der Waals surface area contributed by atoms with Gasteiger partial charge in [-0.25, -0.2) is 4.79 Å². The normalized spacial score (nSPS) is 20.7. The van der Waals surface area contributed by atoms with Crippen LogP contribution in [0.2, 0.25) is 0 Å². The van der Waals surface area contributed by atoms with Crippen molar-refractivity contribution in [2.45, 2.75) is 42.4 Å². The molecule has 1 aromatic rings. The summed E-state index contributed by atoms with van der Waals surface area (Å²) in [7, 11) is -1.10. The maximum atomic E-state index is 12.0. The molecule has 2 fully saturated rings. The summed E-state index contributed by atoms with van der Waals surface area (Å²) in [6.07, 6.45) is 6.00. The van der Waals surface area contributed by atoms with Crippen LogP contribution >= 0.6 is 0 Å². The van der Waals surface area contributed by atoms with Crippen LogP contribution in [0.4, 0.5) is 0 Å². The van der Waals surface area contributed by atoms with E-state index in [1.54, 1.807) is 12.3 Å². The first-order valence-electron chi connectivity index (χ1n) is 6.33. The molecule has 0 unspecified atom stereocenters. The van der Waals surface area contributed by atoms with Crippen molar-refractivity contribution in [3.63, 3.8) is 0 Å². The minimum Gasteiger partial charge on any atom is -0.478 e. The van der Waals surface area contributed by atoms with Gasteiger partial charge < -0.3 is 5.11 Å². The maximum absolute atomic E-state index is 12.0. The highest BCUT2D eigenvalue weighted by Crippen LogP contribution is 2.49. The smallest absolute Gasteiger partial charge is 0.336 e. The van der Waals surface area contributed by atoms with Gasteiger partial charge in [-0.15, -0.1) is 0 Å². The van der Waals surface area contributed by atoms with E-state index in [2.05, 4.69) is 0 Å². The Balaban J connectivity index is 2.22. The molecule has 0 saturated heterocycles. The Morgan fingerprint density at radius 3 is 2.28 bits per heavy atom. The van der Waals surface area contributed by atoms with Crippen molar-refractivity contribution in [3.05, 3.63) is 28.8 Å². The fourth-order valence-corrected chi connectivity index (χ4v) is 3.77. The van der Waals surface area contributed by atoms with Crippen LogP contribution < -0.4 is 0 Å². The Bertz CT molecular complexity index is 542. The summed E-state index contributed by atoms with van der Waals surface area (Å²) in [5.41, 5.74) is 2.34. The number of hydrogen-bond donors (Lipinski definition) is 1. The van der Waals surface area contributed by atoms with Crippen molar-refractivity contribution >= 4 is 16.8 Å². The molecule has 0 radical (unpaired) electrons. The van der Waals surface area contributed by atoms with Gasteiger partial charge >= 0.3 is 5.97 Å². The molecule has 0 heterocycles. The Kier molecular flexibility index (Phi) is 2.77. The molecule has 2 aliphatic rings. The molecule has 0 bridgehead atoms. The molecule has 1 atom stereocenters. The summed E-state index contributed by atoms with van der Waals surface area (Å²) in [5.74, 6) is -0.0797. The van der Waals surface area contributed by atoms with Gasteiger partial charge in [-0.1, -0.05) is 6.07 Å². The van der Waals surface area contributed by atoms with Gasteiger partial charge in [0.05, 0.1) is 16.4 Å². The molecule has 18 heavy (non-hydrogen) atoms. The SMILES string of the molecule is C[S@](=O)c1c(C2CC2)ccc(C(=O)O)c1C1CC1. The number of benzene rings is 1. The molecule has 4 heteroatoms. The lowest BCUT2D eigenvalue weighted by atomic mass is 9.98. The summed E-state index contributed by atoms with van der Waals surface area (Å²) in [6, 6.07) is 3.59. The van der Waals surface area contributed by atoms with E-state index in [4.69, 9.17) is 0 Å². The summed E-state index contributed by atoms with van der Waals surface area (Å²) in [5, 5.41) is 9.29. The average molecular weight is 264 g/mol. The van der Waals surface area contributed by atoms with E-state index < -0.39 is 16.8 Å². The number of carbonyl (C=O) groups is 1. The molecule has 2 saturated carbocycles. The van der Waals surface area contributed by atoms with Crippen LogP contribution in [0.1, 0.15) is 59.0 Å². The first kappa shape index (κ1) is 11.9. The molecule has 0 amide bonds. The number of rotatable bonds is 4. The largest absolute Gasteiger partial charge is 0.478 e. The third kappa shape index (κ3) is 1.99. The molecule has 1 N–H and O–H groups in total. The fraction of sp³-hybridized carbons (Fsp3) is 0.500. The lowest BCUT2D eigenvalue weighted by molar-refractivity contribution is 0.0695. The van der Waals surface area contributed by atoms with Crippen molar-refractivity contribution in [2.75, 3.05) is 6.26 Å². The first-order valence-corrected chi connectivity index (χ1v) is 7.89. The second-order valence-corrected chi connectivity index (χ2v) is 6.57. The van der Waals surface area contributed by atoms with Crippen molar-refractivity contribution in [2.24, 2.45) is 0 Å². The van der Waals surface area contributed by atoms with Gasteiger partial charge in [-0.2, -0.15) is 0 Å². The van der Waals surface area contributed by atoms with Crippen molar-refractivity contribution in [1.29, 1.82) is 0 Å². The van der Waals surface area contributed by atoms with Crippen molar-refractivity contribution in [1.82, 2.24) is 0 Å². The standard InChI is InChI=1S/C14H16O3S/c1-18(17)13-10(8-2-3-8)6-7-11(14(15)16)12(13)9-4-5-9/h6-9H,2-5H2,1H3,(H,15,16)/t18-/m0/s1. The topological polar surface area (TPSA) is 54.4 Å². The minimum absolute atomic E-state index is 0.314. The summed E-state index contributed by atoms with van der Waals surface area (Å²) >= 11 is 0. The molecule has 0 aromatic heterocycles. The zero-order chi connectivity index (χ0) is 12.9. The Morgan fingerprint density at radius 2 is 1.83 bits per heavy atom. The molecule has 96 valence electrons. The van der Waals surface area contributed by atoms with Gasteiger partial charge in [0.1, 0.15) is 0 Å². The van der Waals surface area contributed by atoms with Crippen LogP contribution in [0, 0.1) is 0 Å². The summed E-state index contributed by atoms with van der Waals surface area (Å²) < 4.78 is 12.0. The van der Waals surface area contributed by atoms with E-state index in [0.29, 0.717) is 17.4 Å². The second-order valence-electron chi connectivity index (χ2n) is 5.25. The van der Waals surface area contributed by atoms with Gasteiger partial charge in [0.25, 0.3) is 0 Å². The zero-order valence-electron chi connectivity index (χ0n) is 10.3. The minimum atomic E-state index is -1.10. The molecule has 3 nitrogen and oxygen atoms in total. The Labute approximate surface area is 109 Å². The molecule has 0 aliphatic heterocycles. The number of hydrogen-bond acceptors (Lipinski definition) is 2. The van der Waals surface area contributed by atoms with Crippen LogP contribution in [0.25, 0.3) is 0 Å². The third-order valence-electron chi connectivity index (χ3n) is 3.75. The second kappa shape index (κ2) is 4.19. The van der Waals surface area contributed by atoms with Crippen LogP contribution in [-0.2, 0) is 10.8 Å². The Morgan fingerprint density at radius 1 is 1.22 bits per heavy atom. The van der Waals surface area contributed by atoms with E-state index in [1.807, 2.05) is 6.07 Å². The molecular formula is C14H16O3S. The molecule has 3 rings (SSSR count). The summed E-state index contributed by atoms with van der Waals surface area (Å²) in [4.78, 5) is 12.1. The fourth-order valence-electron chi connectivity index (χ4n) is 2.62. The van der Waals surface area contributed by atoms with Gasteiger partial charge in [0.2, 0.25) is 0 Å². The van der Waals surface area contributed by atoms with Crippen LogP contribution in [0.5, 0.6) is 0 Å². The number of aromatic carboxylic acids is 1. The van der Waals surface area contributed by atoms with Gasteiger partial charge in [0, 0.05) is 11.2 Å².